The summed E-state index contributed by atoms with van der Waals surface area (Å²) in [5, 5.41) is 23.1. The number of nitrogens with zero attached hydrogens (tertiary/aromatic N) is 3. The second-order valence-electron chi connectivity index (χ2n) is 4.04. The molecular weight excluding hydrogens is 274 g/mol. The monoisotopic (exact) mass is 285 g/mol. The highest BCUT2D eigenvalue weighted by atomic mass is 16.6. The van der Waals surface area contributed by atoms with Crippen LogP contribution >= 0.6 is 0 Å². The molecule has 0 bridgehead atoms. The van der Waals surface area contributed by atoms with Gasteiger partial charge in [-0.15, -0.1) is 12.3 Å². The van der Waals surface area contributed by atoms with E-state index in [4.69, 9.17) is 12.2 Å². The highest BCUT2D eigenvalue weighted by Crippen LogP contribution is 2.26. The number of phenols is 1. The fourth-order valence-corrected chi connectivity index (χ4v) is 1.71. The molecular formula is C13H11N5O3. The van der Waals surface area contributed by atoms with Gasteiger partial charge >= 0.3 is 5.69 Å². The summed E-state index contributed by atoms with van der Waals surface area (Å²) in [7, 11) is 0. The fourth-order valence-electron chi connectivity index (χ4n) is 1.71. The van der Waals surface area contributed by atoms with E-state index in [1.807, 2.05) is 0 Å². The van der Waals surface area contributed by atoms with Gasteiger partial charge in [-0.1, -0.05) is 6.07 Å². The quantitative estimate of drug-likeness (QED) is 0.442. The molecule has 106 valence electrons. The molecule has 0 radical (unpaired) electrons. The Morgan fingerprint density at radius 2 is 2.24 bits per heavy atom. The van der Waals surface area contributed by atoms with Gasteiger partial charge in [-0.05, 0) is 12.1 Å². The summed E-state index contributed by atoms with van der Waals surface area (Å²) in [4.78, 5) is 18.1. The van der Waals surface area contributed by atoms with Crippen molar-refractivity contribution in [3.63, 3.8) is 0 Å². The molecule has 2 rings (SSSR count). The smallest absolute Gasteiger partial charge is 0.333 e. The van der Waals surface area contributed by atoms with E-state index in [1.54, 1.807) is 12.1 Å². The molecule has 1 aromatic carbocycles. The number of hydrogen-bond acceptors (Lipinski definition) is 7. The lowest BCUT2D eigenvalue weighted by molar-refractivity contribution is -0.385. The Labute approximate surface area is 119 Å². The fraction of sp³-hybridized carbons (Fsp3) is 0.0769. The van der Waals surface area contributed by atoms with Crippen LogP contribution in [0.15, 0.2) is 24.3 Å². The molecule has 0 spiro atoms. The molecule has 0 aliphatic heterocycles. The maximum atomic E-state index is 11.0. The Morgan fingerprint density at radius 3 is 2.86 bits per heavy atom. The van der Waals surface area contributed by atoms with E-state index in [0.29, 0.717) is 5.69 Å². The summed E-state index contributed by atoms with van der Waals surface area (Å²) < 4.78 is 0. The largest absolute Gasteiger partial charge is 0.508 e. The van der Waals surface area contributed by atoms with E-state index in [2.05, 4.69) is 21.2 Å². The van der Waals surface area contributed by atoms with Gasteiger partial charge in [0.15, 0.2) is 0 Å². The van der Waals surface area contributed by atoms with Crippen LogP contribution in [-0.4, -0.2) is 20.0 Å². The Balaban J connectivity index is 2.42. The van der Waals surface area contributed by atoms with E-state index in [0.717, 1.165) is 0 Å². The van der Waals surface area contributed by atoms with E-state index in [-0.39, 0.29) is 29.6 Å². The minimum atomic E-state index is -0.667. The van der Waals surface area contributed by atoms with Crippen molar-refractivity contribution >= 4 is 23.1 Å². The van der Waals surface area contributed by atoms with E-state index in [9.17, 15) is 15.2 Å². The van der Waals surface area contributed by atoms with Crippen molar-refractivity contribution in [1.82, 2.24) is 9.97 Å². The number of terminal acetylenes is 1. The van der Waals surface area contributed by atoms with Gasteiger partial charge in [-0.25, -0.2) is 4.98 Å². The van der Waals surface area contributed by atoms with Gasteiger partial charge in [0.2, 0.25) is 11.8 Å². The van der Waals surface area contributed by atoms with E-state index in [1.165, 1.54) is 12.1 Å². The summed E-state index contributed by atoms with van der Waals surface area (Å²) in [5.41, 5.74) is 5.75. The Hall–Kier alpha value is -3.34. The number of phenolic OH excluding ortho intramolecular Hbond substituents is 1. The highest BCUT2D eigenvalue weighted by molar-refractivity contribution is 5.62. The van der Waals surface area contributed by atoms with Gasteiger partial charge < -0.3 is 16.2 Å². The lowest BCUT2D eigenvalue weighted by Crippen LogP contribution is -2.08. The van der Waals surface area contributed by atoms with Crippen molar-refractivity contribution in [1.29, 1.82) is 0 Å². The summed E-state index contributed by atoms with van der Waals surface area (Å²) >= 11 is 0. The van der Waals surface area contributed by atoms with Crippen LogP contribution in [0.2, 0.25) is 0 Å². The first-order valence-electron chi connectivity index (χ1n) is 5.81. The van der Waals surface area contributed by atoms with Gasteiger partial charge in [0.25, 0.3) is 0 Å². The number of nitrogens with one attached hydrogen (secondary N) is 1. The van der Waals surface area contributed by atoms with Crippen LogP contribution < -0.4 is 11.1 Å². The van der Waals surface area contributed by atoms with E-state index < -0.39 is 10.6 Å². The second-order valence-corrected chi connectivity index (χ2v) is 4.04. The average molecular weight is 285 g/mol. The molecule has 8 heteroatoms. The molecule has 21 heavy (non-hydrogen) atoms. The molecule has 0 amide bonds. The normalized spacial score (nSPS) is 9.86. The lowest BCUT2D eigenvalue weighted by Gasteiger charge is -2.08. The summed E-state index contributed by atoms with van der Waals surface area (Å²) in [5.74, 6) is 2.13. The molecule has 0 aliphatic carbocycles. The zero-order valence-corrected chi connectivity index (χ0v) is 10.8. The number of nitrogen functional groups attached to an aromatic ring is 1. The SMILES string of the molecule is C#CCc1nc(Nc2cccc(O)c2)nc(N)c1[N+](=O)[O-]. The first-order chi connectivity index (χ1) is 10.0. The average Bonchev–Trinajstić information content (AvgIpc) is 2.38. The molecule has 2 aromatic rings. The third kappa shape index (κ3) is 3.16. The van der Waals surface area contributed by atoms with Crippen molar-refractivity contribution in [2.75, 3.05) is 11.1 Å². The van der Waals surface area contributed by atoms with Crippen LogP contribution in [0.25, 0.3) is 0 Å². The number of aromatic nitrogens is 2. The molecule has 0 unspecified atom stereocenters. The standard InChI is InChI=1S/C13H11N5O3/c1-2-4-10-11(18(20)21)12(14)17-13(16-10)15-8-5-3-6-9(19)7-8/h1,3,5-7,19H,4H2,(H3,14,15,16,17). The molecule has 1 heterocycles. The zero-order chi connectivity index (χ0) is 15.4. The molecule has 0 saturated heterocycles. The third-order valence-electron chi connectivity index (χ3n) is 2.54. The molecule has 0 atom stereocenters. The maximum Gasteiger partial charge on any atom is 0.333 e. The number of anilines is 3. The minimum Gasteiger partial charge on any atom is -0.508 e. The molecule has 0 saturated carbocycles. The maximum absolute atomic E-state index is 11.0. The first-order valence-corrected chi connectivity index (χ1v) is 5.81. The number of nitro groups is 1. The van der Waals surface area contributed by atoms with Crippen molar-refractivity contribution in [3.8, 4) is 18.1 Å². The first kappa shape index (κ1) is 14.1. The molecule has 1 aromatic heterocycles. The van der Waals surface area contributed by atoms with Crippen molar-refractivity contribution < 1.29 is 10.0 Å². The van der Waals surface area contributed by atoms with Crippen LogP contribution in [0.5, 0.6) is 5.75 Å². The van der Waals surface area contributed by atoms with Gasteiger partial charge in [-0.3, -0.25) is 10.1 Å². The van der Waals surface area contributed by atoms with Crippen LogP contribution in [0.3, 0.4) is 0 Å². The van der Waals surface area contributed by atoms with Gasteiger partial charge in [-0.2, -0.15) is 4.98 Å². The highest BCUT2D eigenvalue weighted by Gasteiger charge is 2.22. The van der Waals surface area contributed by atoms with Crippen molar-refractivity contribution in [2.45, 2.75) is 6.42 Å². The van der Waals surface area contributed by atoms with Crippen molar-refractivity contribution in [2.24, 2.45) is 0 Å². The van der Waals surface area contributed by atoms with Crippen molar-refractivity contribution in [3.05, 3.63) is 40.1 Å². The zero-order valence-electron chi connectivity index (χ0n) is 10.8. The van der Waals surface area contributed by atoms with Gasteiger partial charge in [0.05, 0.1) is 11.3 Å². The molecule has 0 fully saturated rings. The number of benzene rings is 1. The third-order valence-corrected chi connectivity index (χ3v) is 2.54. The predicted octanol–water partition coefficient (Wildman–Crippen LogP) is 1.59. The Morgan fingerprint density at radius 1 is 1.48 bits per heavy atom. The summed E-state index contributed by atoms with van der Waals surface area (Å²) in [6.07, 6.45) is 5.13. The summed E-state index contributed by atoms with van der Waals surface area (Å²) in [6.45, 7) is 0. The Kier molecular flexibility index (Phi) is 3.85. The molecule has 4 N–H and O–H groups in total. The summed E-state index contributed by atoms with van der Waals surface area (Å²) in [6, 6.07) is 6.23. The molecule has 0 aliphatic rings. The Bertz CT molecular complexity index is 739. The minimum absolute atomic E-state index is 0.0439. The number of rotatable bonds is 4. The van der Waals surface area contributed by atoms with Gasteiger partial charge in [0.1, 0.15) is 11.4 Å². The lowest BCUT2D eigenvalue weighted by atomic mass is 10.2. The topological polar surface area (TPSA) is 127 Å². The van der Waals surface area contributed by atoms with Crippen LogP contribution in [0, 0.1) is 22.5 Å². The van der Waals surface area contributed by atoms with Gasteiger partial charge in [0, 0.05) is 11.8 Å². The van der Waals surface area contributed by atoms with Crippen LogP contribution in [0.4, 0.5) is 23.1 Å². The second kappa shape index (κ2) is 5.75. The van der Waals surface area contributed by atoms with Crippen LogP contribution in [0.1, 0.15) is 5.69 Å². The number of aromatic hydroxyl groups is 1. The number of hydrogen-bond donors (Lipinski definition) is 3. The number of nitrogens with two attached hydrogens (primary N) is 1. The van der Waals surface area contributed by atoms with Crippen LogP contribution in [-0.2, 0) is 6.42 Å². The van der Waals surface area contributed by atoms with E-state index >= 15 is 0 Å². The predicted molar refractivity (Wildman–Crippen MR) is 77.0 cm³/mol. The molecule has 8 nitrogen and oxygen atoms in total.